The first kappa shape index (κ1) is 31.9. The van der Waals surface area contributed by atoms with E-state index in [1.165, 1.54) is 10.8 Å². The molecule has 262 valence electrons. The lowest BCUT2D eigenvalue weighted by Crippen LogP contribution is -2.01. The molecule has 5 nitrogen and oxygen atoms in total. The maximum atomic E-state index is 6.51. The highest BCUT2D eigenvalue weighted by Gasteiger charge is 2.19. The van der Waals surface area contributed by atoms with E-state index in [9.17, 15) is 0 Å². The van der Waals surface area contributed by atoms with E-state index in [-0.39, 0.29) is 0 Å². The number of fused-ring (bicyclic) bond motifs is 6. The third kappa shape index (κ3) is 5.37. The zero-order chi connectivity index (χ0) is 37.0. The molecule has 11 aromatic rings. The van der Waals surface area contributed by atoms with Crippen molar-refractivity contribution in [1.82, 2.24) is 19.5 Å². The van der Waals surface area contributed by atoms with Crippen LogP contribution in [0.3, 0.4) is 0 Å². The smallest absolute Gasteiger partial charge is 0.164 e. The molecule has 0 radical (unpaired) electrons. The molecular weight excluding hydrogens is 685 g/mol. The standard InChI is InChI=1S/C51H32N4O/c1-4-15-33(16-5-1)37-29-38(51-53-49(34-17-6-2-7-18-34)52-50(54-51)35-19-8-3-9-20-35)31-39(30-37)55-45-25-12-10-21-41(45)42-28-27-36(32-46(42)55)40-23-14-24-44-43-22-11-13-26-47(43)56-48(40)44/h1-32H. The van der Waals surface area contributed by atoms with Gasteiger partial charge < -0.3 is 8.98 Å². The van der Waals surface area contributed by atoms with Crippen LogP contribution in [0.5, 0.6) is 0 Å². The highest BCUT2D eigenvalue weighted by molar-refractivity contribution is 6.13. The normalized spacial score (nSPS) is 11.6. The Balaban J connectivity index is 1.17. The fraction of sp³-hybridized carbons (Fsp3) is 0. The highest BCUT2D eigenvalue weighted by Crippen LogP contribution is 2.40. The van der Waals surface area contributed by atoms with Gasteiger partial charge in [0.25, 0.3) is 0 Å². The van der Waals surface area contributed by atoms with Crippen LogP contribution in [0.2, 0.25) is 0 Å². The van der Waals surface area contributed by atoms with E-state index in [4.69, 9.17) is 19.4 Å². The van der Waals surface area contributed by atoms with Crippen LogP contribution in [0.25, 0.3) is 106 Å². The topological polar surface area (TPSA) is 56.7 Å². The maximum Gasteiger partial charge on any atom is 0.164 e. The largest absolute Gasteiger partial charge is 0.455 e. The van der Waals surface area contributed by atoms with E-state index in [2.05, 4.69) is 126 Å². The molecule has 11 rings (SSSR count). The van der Waals surface area contributed by atoms with Gasteiger partial charge in [0.2, 0.25) is 0 Å². The Hall–Kier alpha value is -7.63. The number of hydrogen-bond acceptors (Lipinski definition) is 4. The van der Waals surface area contributed by atoms with Gasteiger partial charge in [0.1, 0.15) is 11.2 Å². The summed E-state index contributed by atoms with van der Waals surface area (Å²) in [4.78, 5) is 15.3. The predicted octanol–water partition coefficient (Wildman–Crippen LogP) is 13.2. The molecule has 0 amide bonds. The van der Waals surface area contributed by atoms with Crippen molar-refractivity contribution in [1.29, 1.82) is 0 Å². The third-order valence-corrected chi connectivity index (χ3v) is 10.6. The Morgan fingerprint density at radius 2 is 0.893 bits per heavy atom. The molecule has 5 heteroatoms. The van der Waals surface area contributed by atoms with Gasteiger partial charge in [-0.15, -0.1) is 0 Å². The van der Waals surface area contributed by atoms with Gasteiger partial charge in [-0.3, -0.25) is 0 Å². The van der Waals surface area contributed by atoms with Gasteiger partial charge in [-0.1, -0.05) is 158 Å². The molecule has 0 spiro atoms. The number of aromatic nitrogens is 4. The monoisotopic (exact) mass is 716 g/mol. The Morgan fingerprint density at radius 1 is 0.339 bits per heavy atom. The van der Waals surface area contributed by atoms with Gasteiger partial charge in [-0.05, 0) is 53.1 Å². The summed E-state index contributed by atoms with van der Waals surface area (Å²) in [5, 5.41) is 4.58. The molecule has 8 aromatic carbocycles. The quantitative estimate of drug-likeness (QED) is 0.172. The van der Waals surface area contributed by atoms with Crippen LogP contribution < -0.4 is 0 Å². The molecule has 0 aliphatic heterocycles. The Kier molecular flexibility index (Phi) is 7.42. The van der Waals surface area contributed by atoms with Gasteiger partial charge in [0, 0.05) is 49.5 Å². The zero-order valence-electron chi connectivity index (χ0n) is 30.2. The minimum atomic E-state index is 0.606. The molecule has 0 unspecified atom stereocenters. The first-order chi connectivity index (χ1) is 27.7. The van der Waals surface area contributed by atoms with Crippen molar-refractivity contribution in [3.8, 4) is 62.1 Å². The SMILES string of the molecule is c1ccc(-c2cc(-c3nc(-c4ccccc4)nc(-c4ccccc4)n3)cc(-n3c4ccccc4c4ccc(-c5cccc6c5oc5ccccc56)cc43)c2)cc1. The summed E-state index contributed by atoms with van der Waals surface area (Å²) in [7, 11) is 0. The summed E-state index contributed by atoms with van der Waals surface area (Å²) in [6.07, 6.45) is 0. The van der Waals surface area contributed by atoms with E-state index in [0.29, 0.717) is 17.5 Å². The average Bonchev–Trinajstić information content (AvgIpc) is 3.83. The molecule has 0 aliphatic carbocycles. The molecular formula is C51H32N4O. The maximum absolute atomic E-state index is 6.51. The molecule has 0 N–H and O–H groups in total. The molecule has 0 saturated carbocycles. The van der Waals surface area contributed by atoms with Crippen molar-refractivity contribution in [2.75, 3.05) is 0 Å². The molecule has 3 aromatic heterocycles. The fourth-order valence-corrected chi connectivity index (χ4v) is 8.00. The van der Waals surface area contributed by atoms with E-state index >= 15 is 0 Å². The summed E-state index contributed by atoms with van der Waals surface area (Å²) in [6.45, 7) is 0. The van der Waals surface area contributed by atoms with Crippen molar-refractivity contribution in [3.05, 3.63) is 194 Å². The first-order valence-electron chi connectivity index (χ1n) is 18.8. The van der Waals surface area contributed by atoms with Gasteiger partial charge in [0.05, 0.1) is 11.0 Å². The number of nitrogens with zero attached hydrogens (tertiary/aromatic N) is 4. The van der Waals surface area contributed by atoms with E-state index in [1.807, 2.05) is 72.8 Å². The fourth-order valence-electron chi connectivity index (χ4n) is 8.00. The van der Waals surface area contributed by atoms with Crippen molar-refractivity contribution in [3.63, 3.8) is 0 Å². The first-order valence-corrected chi connectivity index (χ1v) is 18.8. The molecule has 0 atom stereocenters. The highest BCUT2D eigenvalue weighted by atomic mass is 16.3. The Morgan fingerprint density at radius 3 is 1.61 bits per heavy atom. The number of rotatable bonds is 6. The second-order valence-electron chi connectivity index (χ2n) is 14.0. The van der Waals surface area contributed by atoms with Crippen LogP contribution in [-0.2, 0) is 0 Å². The zero-order valence-corrected chi connectivity index (χ0v) is 30.2. The third-order valence-electron chi connectivity index (χ3n) is 10.6. The molecule has 3 heterocycles. The molecule has 56 heavy (non-hydrogen) atoms. The summed E-state index contributed by atoms with van der Waals surface area (Å²) in [5.41, 5.74) is 12.1. The van der Waals surface area contributed by atoms with E-state index in [0.717, 1.165) is 77.6 Å². The number of para-hydroxylation sites is 3. The summed E-state index contributed by atoms with van der Waals surface area (Å²) < 4.78 is 8.89. The lowest BCUT2D eigenvalue weighted by atomic mass is 10.0. The van der Waals surface area contributed by atoms with Gasteiger partial charge >= 0.3 is 0 Å². The number of benzene rings is 8. The van der Waals surface area contributed by atoms with Crippen molar-refractivity contribution in [2.24, 2.45) is 0 Å². The number of furan rings is 1. The van der Waals surface area contributed by atoms with Gasteiger partial charge in [0.15, 0.2) is 17.5 Å². The molecule has 0 aliphatic rings. The van der Waals surface area contributed by atoms with Crippen LogP contribution >= 0.6 is 0 Å². The summed E-state index contributed by atoms with van der Waals surface area (Å²) in [6, 6.07) is 67.5. The van der Waals surface area contributed by atoms with Crippen LogP contribution in [0, 0.1) is 0 Å². The molecule has 0 bridgehead atoms. The molecule has 0 saturated heterocycles. The average molecular weight is 717 g/mol. The van der Waals surface area contributed by atoms with Gasteiger partial charge in [-0.25, -0.2) is 15.0 Å². The van der Waals surface area contributed by atoms with Gasteiger partial charge in [-0.2, -0.15) is 0 Å². The summed E-state index contributed by atoms with van der Waals surface area (Å²) >= 11 is 0. The van der Waals surface area contributed by atoms with E-state index in [1.54, 1.807) is 0 Å². The van der Waals surface area contributed by atoms with Crippen molar-refractivity contribution in [2.45, 2.75) is 0 Å². The molecule has 0 fully saturated rings. The van der Waals surface area contributed by atoms with Crippen LogP contribution in [0.4, 0.5) is 0 Å². The number of hydrogen-bond donors (Lipinski definition) is 0. The Labute approximate surface area is 322 Å². The minimum absolute atomic E-state index is 0.606. The summed E-state index contributed by atoms with van der Waals surface area (Å²) in [5.74, 6) is 1.86. The van der Waals surface area contributed by atoms with E-state index < -0.39 is 0 Å². The Bertz CT molecular complexity index is 3180. The lowest BCUT2D eigenvalue weighted by molar-refractivity contribution is 0.670. The predicted molar refractivity (Wildman–Crippen MR) is 229 cm³/mol. The van der Waals surface area contributed by atoms with Crippen molar-refractivity contribution < 1.29 is 4.42 Å². The lowest BCUT2D eigenvalue weighted by Gasteiger charge is -2.15. The van der Waals surface area contributed by atoms with Crippen LogP contribution in [0.1, 0.15) is 0 Å². The van der Waals surface area contributed by atoms with Crippen LogP contribution in [-0.4, -0.2) is 19.5 Å². The minimum Gasteiger partial charge on any atom is -0.455 e. The van der Waals surface area contributed by atoms with Crippen molar-refractivity contribution >= 4 is 43.7 Å². The second kappa shape index (κ2) is 13.0. The second-order valence-corrected chi connectivity index (χ2v) is 14.0. The van der Waals surface area contributed by atoms with Crippen LogP contribution in [0.15, 0.2) is 199 Å².